The zero-order valence-electron chi connectivity index (χ0n) is 7.12. The van der Waals surface area contributed by atoms with Gasteiger partial charge >= 0.3 is 0 Å². The molecule has 0 aromatic heterocycles. The number of nitrogens with zero attached hydrogens (tertiary/aromatic N) is 1. The molecule has 1 aliphatic heterocycles. The van der Waals surface area contributed by atoms with Gasteiger partial charge in [-0.15, -0.1) is 0 Å². The van der Waals surface area contributed by atoms with Gasteiger partial charge in [0, 0.05) is 19.4 Å². The predicted molar refractivity (Wildman–Crippen MR) is 49.0 cm³/mol. The van der Waals surface area contributed by atoms with Gasteiger partial charge < -0.3 is 0 Å². The summed E-state index contributed by atoms with van der Waals surface area (Å²) < 4.78 is 0. The van der Waals surface area contributed by atoms with Gasteiger partial charge in [-0.3, -0.25) is 14.5 Å². The summed E-state index contributed by atoms with van der Waals surface area (Å²) in [6.45, 7) is 2.51. The fraction of sp³-hybridized carbons (Fsp3) is 0.750. The third-order valence-corrected chi connectivity index (χ3v) is 2.58. The second kappa shape index (κ2) is 3.94. The maximum absolute atomic E-state index is 11.1. The molecule has 1 unspecified atom stereocenters. The molecular formula is C8H13NO2S. The number of carbonyl (C=O) groups is 2. The molecule has 1 aliphatic rings. The summed E-state index contributed by atoms with van der Waals surface area (Å²) in [5.74, 6) is 0.929. The van der Waals surface area contributed by atoms with E-state index in [1.807, 2.05) is 6.92 Å². The van der Waals surface area contributed by atoms with Crippen LogP contribution in [0.25, 0.3) is 0 Å². The Bertz CT molecular complexity index is 189. The van der Waals surface area contributed by atoms with Crippen LogP contribution in [0.1, 0.15) is 19.8 Å². The van der Waals surface area contributed by atoms with Gasteiger partial charge in [-0.05, 0) is 11.7 Å². The first kappa shape index (κ1) is 9.58. The van der Waals surface area contributed by atoms with E-state index in [0.29, 0.717) is 31.1 Å². The summed E-state index contributed by atoms with van der Waals surface area (Å²) in [6.07, 6.45) is 0.774. The van der Waals surface area contributed by atoms with Crippen LogP contribution in [0.2, 0.25) is 0 Å². The second-order valence-electron chi connectivity index (χ2n) is 3.19. The maximum Gasteiger partial charge on any atom is 0.229 e. The van der Waals surface area contributed by atoms with Crippen LogP contribution in [-0.4, -0.2) is 29.0 Å². The zero-order chi connectivity index (χ0) is 9.14. The van der Waals surface area contributed by atoms with Crippen LogP contribution in [0.3, 0.4) is 0 Å². The minimum atomic E-state index is -0.0337. The third-order valence-electron chi connectivity index (χ3n) is 1.96. The number of rotatable bonds is 3. The van der Waals surface area contributed by atoms with Crippen molar-refractivity contribution in [1.82, 2.24) is 4.90 Å². The van der Waals surface area contributed by atoms with Crippen molar-refractivity contribution >= 4 is 24.4 Å². The average Bonchev–Trinajstić information content (AvgIpc) is 2.35. The number of carbonyl (C=O) groups excluding carboxylic acids is 2. The maximum atomic E-state index is 11.1. The Morgan fingerprint density at radius 2 is 1.92 bits per heavy atom. The molecule has 2 amide bonds. The van der Waals surface area contributed by atoms with Gasteiger partial charge in [0.15, 0.2) is 0 Å². The first-order valence-electron chi connectivity index (χ1n) is 4.09. The molecule has 0 radical (unpaired) electrons. The Kier molecular flexibility index (Phi) is 3.14. The van der Waals surface area contributed by atoms with E-state index in [2.05, 4.69) is 12.6 Å². The molecule has 4 heteroatoms. The van der Waals surface area contributed by atoms with E-state index in [1.54, 1.807) is 0 Å². The van der Waals surface area contributed by atoms with Gasteiger partial charge in [-0.2, -0.15) is 12.6 Å². The molecule has 0 bridgehead atoms. The molecule has 1 saturated heterocycles. The molecule has 0 aromatic carbocycles. The Hall–Kier alpha value is -0.510. The minimum Gasteiger partial charge on any atom is -0.282 e. The first-order valence-corrected chi connectivity index (χ1v) is 4.72. The number of imide groups is 1. The molecule has 0 aliphatic carbocycles. The third kappa shape index (κ3) is 2.00. The Morgan fingerprint density at radius 1 is 1.42 bits per heavy atom. The Labute approximate surface area is 77.5 Å². The summed E-state index contributed by atoms with van der Waals surface area (Å²) in [5, 5.41) is 0. The summed E-state index contributed by atoms with van der Waals surface area (Å²) in [7, 11) is 0. The van der Waals surface area contributed by atoms with Crippen LogP contribution in [0.15, 0.2) is 0 Å². The summed E-state index contributed by atoms with van der Waals surface area (Å²) in [5.41, 5.74) is 0. The average molecular weight is 187 g/mol. The van der Waals surface area contributed by atoms with Crippen molar-refractivity contribution in [1.29, 1.82) is 0 Å². The summed E-state index contributed by atoms with van der Waals surface area (Å²) in [4.78, 5) is 23.6. The molecule has 1 heterocycles. The van der Waals surface area contributed by atoms with Crippen LogP contribution >= 0.6 is 12.6 Å². The number of likely N-dealkylation sites (tertiary alicyclic amines) is 1. The van der Waals surface area contributed by atoms with E-state index in [4.69, 9.17) is 0 Å². The van der Waals surface area contributed by atoms with E-state index in [0.717, 1.165) is 0 Å². The van der Waals surface area contributed by atoms with Crippen molar-refractivity contribution in [2.24, 2.45) is 5.92 Å². The predicted octanol–water partition coefficient (Wildman–Crippen LogP) is 0.701. The molecule has 68 valence electrons. The van der Waals surface area contributed by atoms with E-state index in [-0.39, 0.29) is 11.8 Å². The largest absolute Gasteiger partial charge is 0.282 e. The second-order valence-corrected chi connectivity index (χ2v) is 3.55. The monoisotopic (exact) mass is 187 g/mol. The van der Waals surface area contributed by atoms with Crippen LogP contribution in [-0.2, 0) is 9.59 Å². The summed E-state index contributed by atoms with van der Waals surface area (Å²) in [6, 6.07) is 0. The van der Waals surface area contributed by atoms with Crippen molar-refractivity contribution < 1.29 is 9.59 Å². The highest BCUT2D eigenvalue weighted by molar-refractivity contribution is 7.80. The number of amides is 2. The van der Waals surface area contributed by atoms with Crippen LogP contribution in [0.5, 0.6) is 0 Å². The van der Waals surface area contributed by atoms with Gasteiger partial charge in [0.2, 0.25) is 11.8 Å². The lowest BCUT2D eigenvalue weighted by Crippen LogP contribution is -2.33. The topological polar surface area (TPSA) is 37.4 Å². The molecule has 1 rings (SSSR count). The minimum absolute atomic E-state index is 0.0337. The molecule has 0 aromatic rings. The lowest BCUT2D eigenvalue weighted by atomic mass is 10.2. The Balaban J connectivity index is 2.50. The molecule has 0 N–H and O–H groups in total. The first-order chi connectivity index (χ1) is 5.65. The molecule has 3 nitrogen and oxygen atoms in total. The highest BCUT2D eigenvalue weighted by Gasteiger charge is 2.29. The Morgan fingerprint density at radius 3 is 2.33 bits per heavy atom. The lowest BCUT2D eigenvalue weighted by Gasteiger charge is -2.17. The zero-order valence-corrected chi connectivity index (χ0v) is 8.01. The fourth-order valence-electron chi connectivity index (χ4n) is 1.20. The van der Waals surface area contributed by atoms with Crippen molar-refractivity contribution in [2.75, 3.05) is 12.3 Å². The molecule has 1 atom stereocenters. The van der Waals surface area contributed by atoms with E-state index in [1.165, 1.54) is 4.90 Å². The van der Waals surface area contributed by atoms with Gasteiger partial charge in [0.05, 0.1) is 0 Å². The molecular weight excluding hydrogens is 174 g/mol. The highest BCUT2D eigenvalue weighted by Crippen LogP contribution is 2.14. The van der Waals surface area contributed by atoms with Crippen LogP contribution in [0.4, 0.5) is 0 Å². The lowest BCUT2D eigenvalue weighted by molar-refractivity contribution is -0.138. The van der Waals surface area contributed by atoms with E-state index < -0.39 is 0 Å². The number of hydrogen-bond donors (Lipinski definition) is 1. The van der Waals surface area contributed by atoms with Gasteiger partial charge in [0.1, 0.15) is 0 Å². The van der Waals surface area contributed by atoms with Gasteiger partial charge in [0.25, 0.3) is 0 Å². The van der Waals surface area contributed by atoms with Crippen molar-refractivity contribution in [3.05, 3.63) is 0 Å². The van der Waals surface area contributed by atoms with Crippen LogP contribution < -0.4 is 0 Å². The van der Waals surface area contributed by atoms with Crippen molar-refractivity contribution in [3.8, 4) is 0 Å². The number of thiol groups is 1. The molecule has 0 saturated carbocycles. The van der Waals surface area contributed by atoms with Gasteiger partial charge in [-0.25, -0.2) is 0 Å². The van der Waals surface area contributed by atoms with Gasteiger partial charge in [-0.1, -0.05) is 6.92 Å². The van der Waals surface area contributed by atoms with Crippen molar-refractivity contribution in [3.63, 3.8) is 0 Å². The quantitative estimate of drug-likeness (QED) is 0.521. The van der Waals surface area contributed by atoms with E-state index >= 15 is 0 Å². The SMILES string of the molecule is CC(CS)CN1C(=O)CCC1=O. The standard InChI is InChI=1S/C8H13NO2S/c1-6(5-12)4-9-7(10)2-3-8(9)11/h6,12H,2-5H2,1H3. The number of hydrogen-bond acceptors (Lipinski definition) is 3. The smallest absolute Gasteiger partial charge is 0.229 e. The molecule has 0 spiro atoms. The normalized spacial score (nSPS) is 20.3. The van der Waals surface area contributed by atoms with Crippen molar-refractivity contribution in [2.45, 2.75) is 19.8 Å². The van der Waals surface area contributed by atoms with E-state index in [9.17, 15) is 9.59 Å². The summed E-state index contributed by atoms with van der Waals surface area (Å²) >= 11 is 4.10. The molecule has 12 heavy (non-hydrogen) atoms. The highest BCUT2D eigenvalue weighted by atomic mass is 32.1. The molecule has 1 fully saturated rings. The van der Waals surface area contributed by atoms with Crippen LogP contribution in [0, 0.1) is 5.92 Å². The fourth-order valence-corrected chi connectivity index (χ4v) is 1.31.